The highest BCUT2D eigenvalue weighted by atomic mass is 32.2. The molecular weight excluding hydrogens is 596 g/mol. The van der Waals surface area contributed by atoms with Gasteiger partial charge in [-0.3, -0.25) is 19.7 Å². The molecule has 0 spiro atoms. The van der Waals surface area contributed by atoms with Crippen molar-refractivity contribution in [1.82, 2.24) is 34.5 Å². The van der Waals surface area contributed by atoms with Crippen molar-refractivity contribution < 1.29 is 32.5 Å². The van der Waals surface area contributed by atoms with Gasteiger partial charge in [-0.15, -0.1) is 11.3 Å². The molecule has 2 unspecified atom stereocenters. The van der Waals surface area contributed by atoms with Crippen LogP contribution in [0.15, 0.2) is 21.7 Å². The highest BCUT2D eigenvalue weighted by molar-refractivity contribution is 7.84. The molecule has 1 aliphatic carbocycles. The second kappa shape index (κ2) is 11.2. The predicted octanol–water partition coefficient (Wildman–Crippen LogP) is -2.28. The van der Waals surface area contributed by atoms with E-state index in [4.69, 9.17) is 21.7 Å². The number of carbonyl (C=O) groups is 2. The van der Waals surface area contributed by atoms with Gasteiger partial charge < -0.3 is 31.6 Å². The second-order valence-electron chi connectivity index (χ2n) is 9.94. The van der Waals surface area contributed by atoms with Crippen LogP contribution in [-0.2, 0) is 37.8 Å². The van der Waals surface area contributed by atoms with E-state index in [9.17, 15) is 27.7 Å². The topological polar surface area (TPSA) is 281 Å². The number of nitrogens with zero attached hydrogens (tertiary/aromatic N) is 8. The first-order valence-corrected chi connectivity index (χ1v) is 14.9. The number of hydrogen-bond donors (Lipinski definition) is 6. The SMILES string of the molecule is N=C(NCc1cnn(CC2C(/N=C/C(=N\OC3(C(=O)O)CC3)c3csc(N)n3)C(=O)N2S(=O)(=O)O)n1)N1CC(CN)C1. The first-order chi connectivity index (χ1) is 19.9. The number of oxime groups is 1. The Bertz CT molecular complexity index is 1540. The van der Waals surface area contributed by atoms with Crippen molar-refractivity contribution in [2.75, 3.05) is 25.4 Å². The maximum atomic E-state index is 12.7. The first-order valence-electron chi connectivity index (χ1n) is 12.6. The van der Waals surface area contributed by atoms with E-state index in [1.54, 1.807) is 0 Å². The molecule has 2 aromatic heterocycles. The number of anilines is 1. The largest absolute Gasteiger partial charge is 0.478 e. The number of guanidine groups is 1. The van der Waals surface area contributed by atoms with Gasteiger partial charge in [0.15, 0.2) is 17.1 Å². The minimum atomic E-state index is -4.92. The number of nitrogens with two attached hydrogens (primary N) is 2. The minimum Gasteiger partial charge on any atom is -0.478 e. The van der Waals surface area contributed by atoms with Gasteiger partial charge in [-0.25, -0.2) is 14.1 Å². The molecule has 3 fully saturated rings. The van der Waals surface area contributed by atoms with Gasteiger partial charge in [-0.05, 0) is 6.54 Å². The molecule has 8 N–H and O–H groups in total. The van der Waals surface area contributed by atoms with Crippen LogP contribution in [0.25, 0.3) is 0 Å². The molecule has 2 atom stereocenters. The van der Waals surface area contributed by atoms with Crippen molar-refractivity contribution in [3.05, 3.63) is 23.0 Å². The molecule has 1 amide bonds. The van der Waals surface area contributed by atoms with Gasteiger partial charge in [-0.2, -0.15) is 23.4 Å². The van der Waals surface area contributed by atoms with Gasteiger partial charge in [0.25, 0.3) is 5.91 Å². The number of β-lactam (4-membered cyclic amide) rings is 1. The molecule has 4 heterocycles. The molecule has 1 saturated carbocycles. The maximum absolute atomic E-state index is 12.7. The summed E-state index contributed by atoms with van der Waals surface area (Å²) in [5.41, 5.74) is 10.5. The number of nitrogen functional groups attached to an aromatic ring is 1. The standard InChI is InChI=1S/C21H28N12O7S2/c22-3-11-7-31(8-11)19(23)26-4-12-5-27-32(29-12)9-15-16(17(34)33(15)42(37,38)39)25-6-13(14-10-41-20(24)28-14)30-40-21(1-2-21)18(35)36/h5-6,10-11,15-16H,1-4,7-9,22H2,(H2,23,26)(H2,24,28)(H,35,36)(H,37,38,39)/b25-6+,30-13+. The van der Waals surface area contributed by atoms with E-state index < -0.39 is 39.9 Å². The monoisotopic (exact) mass is 624 g/mol. The van der Waals surface area contributed by atoms with Crippen LogP contribution in [0.3, 0.4) is 0 Å². The Kier molecular flexibility index (Phi) is 7.83. The molecule has 5 rings (SSSR count). The number of nitrogens with one attached hydrogen (secondary N) is 2. The van der Waals surface area contributed by atoms with E-state index in [1.807, 2.05) is 4.90 Å². The summed E-state index contributed by atoms with van der Waals surface area (Å²) in [5, 5.41) is 34.3. The third-order valence-electron chi connectivity index (χ3n) is 6.92. The van der Waals surface area contributed by atoms with Crippen LogP contribution in [0.4, 0.5) is 5.13 Å². The maximum Gasteiger partial charge on any atom is 0.362 e. The molecule has 0 bridgehead atoms. The number of aromatic nitrogens is 4. The van der Waals surface area contributed by atoms with Crippen LogP contribution in [0.2, 0.25) is 0 Å². The van der Waals surface area contributed by atoms with Crippen LogP contribution >= 0.6 is 11.3 Å². The van der Waals surface area contributed by atoms with Gasteiger partial charge in [-0.1, -0.05) is 5.16 Å². The molecule has 19 nitrogen and oxygen atoms in total. The zero-order valence-corrected chi connectivity index (χ0v) is 23.5. The lowest BCUT2D eigenvalue weighted by atomic mass is 9.99. The molecule has 0 radical (unpaired) electrons. The van der Waals surface area contributed by atoms with Crippen molar-refractivity contribution in [3.63, 3.8) is 0 Å². The van der Waals surface area contributed by atoms with Gasteiger partial charge >= 0.3 is 16.3 Å². The Labute approximate surface area is 242 Å². The summed E-state index contributed by atoms with van der Waals surface area (Å²) in [7, 11) is -4.92. The number of amides is 1. The smallest absolute Gasteiger partial charge is 0.362 e. The molecule has 2 saturated heterocycles. The Morgan fingerprint density at radius 1 is 1.38 bits per heavy atom. The third-order valence-corrected chi connectivity index (χ3v) is 8.54. The molecule has 42 heavy (non-hydrogen) atoms. The zero-order chi connectivity index (χ0) is 30.2. The number of rotatable bonds is 12. The molecular formula is C21H28N12O7S2. The zero-order valence-electron chi connectivity index (χ0n) is 21.9. The summed E-state index contributed by atoms with van der Waals surface area (Å²) in [4.78, 5) is 40.6. The summed E-state index contributed by atoms with van der Waals surface area (Å²) in [6.07, 6.45) is 3.03. The van der Waals surface area contributed by atoms with Crippen LogP contribution < -0.4 is 16.8 Å². The molecule has 3 aliphatic rings. The average molecular weight is 625 g/mol. The van der Waals surface area contributed by atoms with Crippen LogP contribution in [-0.4, -0.2) is 114 Å². The number of hydrogen-bond acceptors (Lipinski definition) is 14. The van der Waals surface area contributed by atoms with E-state index in [2.05, 4.69) is 30.6 Å². The summed E-state index contributed by atoms with van der Waals surface area (Å²) in [6.45, 7) is 1.86. The van der Waals surface area contributed by atoms with Gasteiger partial charge in [0.1, 0.15) is 23.1 Å². The lowest BCUT2D eigenvalue weighted by molar-refractivity contribution is -0.153. The molecule has 21 heteroatoms. The Morgan fingerprint density at radius 2 is 2.12 bits per heavy atom. The fourth-order valence-corrected chi connectivity index (χ4v) is 5.69. The van der Waals surface area contributed by atoms with E-state index in [0.29, 0.717) is 31.2 Å². The molecule has 2 aromatic rings. The van der Waals surface area contributed by atoms with E-state index >= 15 is 0 Å². The van der Waals surface area contributed by atoms with E-state index in [0.717, 1.165) is 22.3 Å². The Hall–Kier alpha value is -4.21. The Balaban J connectivity index is 1.29. The number of carboxylic acids is 1. The number of carboxylic acid groups (broad SMARTS) is 1. The van der Waals surface area contributed by atoms with E-state index in [1.165, 1.54) is 11.6 Å². The minimum absolute atomic E-state index is 0.0414. The highest BCUT2D eigenvalue weighted by Crippen LogP contribution is 2.40. The highest BCUT2D eigenvalue weighted by Gasteiger charge is 2.55. The number of aliphatic imine (C=N–C) groups is 1. The normalized spacial score (nSPS) is 22.1. The predicted molar refractivity (Wildman–Crippen MR) is 147 cm³/mol. The quantitative estimate of drug-likeness (QED) is 0.0477. The van der Waals surface area contributed by atoms with Crippen molar-refractivity contribution in [1.29, 1.82) is 5.41 Å². The molecule has 2 aliphatic heterocycles. The van der Waals surface area contributed by atoms with E-state index in [-0.39, 0.29) is 52.7 Å². The summed E-state index contributed by atoms with van der Waals surface area (Å²) in [5.74, 6) is -1.62. The second-order valence-corrected chi connectivity index (χ2v) is 12.1. The van der Waals surface area contributed by atoms with Gasteiger partial charge in [0.2, 0.25) is 5.60 Å². The van der Waals surface area contributed by atoms with Crippen LogP contribution in [0, 0.1) is 11.3 Å². The van der Waals surface area contributed by atoms with Crippen molar-refractivity contribution in [2.24, 2.45) is 21.8 Å². The number of aliphatic carboxylic acids is 1. The van der Waals surface area contributed by atoms with Crippen molar-refractivity contribution in [3.8, 4) is 0 Å². The third kappa shape index (κ3) is 6.03. The fourth-order valence-electron chi connectivity index (χ4n) is 4.27. The van der Waals surface area contributed by atoms with Crippen molar-refractivity contribution >= 4 is 56.5 Å². The Morgan fingerprint density at radius 3 is 2.71 bits per heavy atom. The fraction of sp³-hybridized carbons (Fsp3) is 0.524. The van der Waals surface area contributed by atoms with Crippen LogP contribution in [0.5, 0.6) is 0 Å². The summed E-state index contributed by atoms with van der Waals surface area (Å²) in [6, 6.07) is -2.48. The number of carbonyl (C=O) groups excluding carboxylic acids is 1. The lowest BCUT2D eigenvalue weighted by Crippen LogP contribution is -2.67. The van der Waals surface area contributed by atoms with Gasteiger partial charge in [0, 0.05) is 37.2 Å². The number of likely N-dealkylation sites (tertiary alicyclic amines) is 1. The first kappa shape index (κ1) is 29.3. The average Bonchev–Trinajstić information content (AvgIpc) is 3.36. The molecule has 0 aromatic carbocycles. The summed E-state index contributed by atoms with van der Waals surface area (Å²) < 4.78 is 33.8. The summed E-state index contributed by atoms with van der Waals surface area (Å²) >= 11 is 1.08. The van der Waals surface area contributed by atoms with Gasteiger partial charge in [0.05, 0.1) is 25.5 Å². The molecule has 226 valence electrons. The van der Waals surface area contributed by atoms with Crippen LogP contribution in [0.1, 0.15) is 24.2 Å². The lowest BCUT2D eigenvalue weighted by Gasteiger charge is -2.41. The number of thiazole rings is 1. The van der Waals surface area contributed by atoms with Crippen molar-refractivity contribution in [2.45, 2.75) is 43.6 Å².